The summed E-state index contributed by atoms with van der Waals surface area (Å²) in [6.07, 6.45) is 0. The number of halogens is 1. The van der Waals surface area contributed by atoms with E-state index in [9.17, 15) is 8.42 Å². The number of aryl methyl sites for hydroxylation is 1. The van der Waals surface area contributed by atoms with E-state index in [1.54, 1.807) is 0 Å². The quantitative estimate of drug-likeness (QED) is 0.818. The molecule has 0 amide bonds. The molecule has 0 aliphatic carbocycles. The minimum Gasteiger partial charge on any atom is -0.330 e. The number of hydrogen-bond acceptors (Lipinski definition) is 4. The van der Waals surface area contributed by atoms with Gasteiger partial charge in [-0.3, -0.25) is 4.90 Å². The first-order valence-electron chi connectivity index (χ1n) is 6.48. The maximum Gasteiger partial charge on any atom is 0.152 e. The maximum absolute atomic E-state index is 11.4. The predicted octanol–water partition coefficient (Wildman–Crippen LogP) is 1.57. The molecular formula is C13H16BrN3O2S. The van der Waals surface area contributed by atoms with Gasteiger partial charge in [-0.25, -0.2) is 13.4 Å². The molecule has 0 bridgehead atoms. The molecule has 3 rings (SSSR count). The lowest BCUT2D eigenvalue weighted by molar-refractivity contribution is 0.278. The number of imidazole rings is 1. The number of nitrogens with zero attached hydrogens (tertiary/aromatic N) is 3. The fraction of sp³-hybridized carbons (Fsp3) is 0.462. The highest BCUT2D eigenvalue weighted by molar-refractivity contribution is 9.10. The molecular weight excluding hydrogens is 342 g/mol. The first-order chi connectivity index (χ1) is 9.44. The Morgan fingerprint density at radius 2 is 2.00 bits per heavy atom. The molecule has 0 radical (unpaired) electrons. The van der Waals surface area contributed by atoms with Gasteiger partial charge in [0.2, 0.25) is 0 Å². The molecule has 1 aromatic heterocycles. The Morgan fingerprint density at radius 1 is 1.30 bits per heavy atom. The topological polar surface area (TPSA) is 55.2 Å². The highest BCUT2D eigenvalue weighted by Crippen LogP contribution is 2.21. The number of benzene rings is 1. The van der Waals surface area contributed by atoms with Crippen molar-refractivity contribution in [2.24, 2.45) is 7.05 Å². The van der Waals surface area contributed by atoms with E-state index in [-0.39, 0.29) is 11.5 Å². The van der Waals surface area contributed by atoms with Gasteiger partial charge in [0.15, 0.2) is 9.84 Å². The largest absolute Gasteiger partial charge is 0.330 e. The predicted molar refractivity (Wildman–Crippen MR) is 82.3 cm³/mol. The van der Waals surface area contributed by atoms with E-state index in [1.165, 1.54) is 0 Å². The van der Waals surface area contributed by atoms with E-state index >= 15 is 0 Å². The summed E-state index contributed by atoms with van der Waals surface area (Å²) in [5.74, 6) is 1.47. The number of fused-ring (bicyclic) bond motifs is 1. The van der Waals surface area contributed by atoms with Crippen molar-refractivity contribution in [2.75, 3.05) is 24.6 Å². The molecule has 1 aliphatic rings. The Balaban J connectivity index is 1.83. The molecule has 0 saturated carbocycles. The van der Waals surface area contributed by atoms with Crippen LogP contribution >= 0.6 is 15.9 Å². The fourth-order valence-electron chi connectivity index (χ4n) is 2.46. The zero-order valence-corrected chi connectivity index (χ0v) is 13.6. The molecule has 2 heterocycles. The van der Waals surface area contributed by atoms with Crippen LogP contribution in [0, 0.1) is 0 Å². The van der Waals surface area contributed by atoms with Crippen LogP contribution in [-0.2, 0) is 23.4 Å². The van der Waals surface area contributed by atoms with Crippen molar-refractivity contribution < 1.29 is 8.42 Å². The van der Waals surface area contributed by atoms with Crippen molar-refractivity contribution in [3.05, 3.63) is 28.5 Å². The summed E-state index contributed by atoms with van der Waals surface area (Å²) in [6, 6.07) is 6.02. The molecule has 0 spiro atoms. The van der Waals surface area contributed by atoms with Crippen LogP contribution in [-0.4, -0.2) is 47.5 Å². The van der Waals surface area contributed by atoms with Crippen molar-refractivity contribution in [3.8, 4) is 0 Å². The van der Waals surface area contributed by atoms with Crippen molar-refractivity contribution >= 4 is 36.8 Å². The van der Waals surface area contributed by atoms with Crippen LogP contribution in [0.25, 0.3) is 11.0 Å². The monoisotopic (exact) mass is 357 g/mol. The lowest BCUT2D eigenvalue weighted by Gasteiger charge is -2.25. The summed E-state index contributed by atoms with van der Waals surface area (Å²) < 4.78 is 26.0. The Hall–Kier alpha value is -0.920. The third-order valence-corrected chi connectivity index (χ3v) is 5.84. The van der Waals surface area contributed by atoms with Crippen molar-refractivity contribution in [1.82, 2.24) is 14.5 Å². The van der Waals surface area contributed by atoms with Crippen LogP contribution in [0.4, 0.5) is 0 Å². The minimum atomic E-state index is -2.82. The molecule has 7 heteroatoms. The number of rotatable bonds is 2. The van der Waals surface area contributed by atoms with Crippen LogP contribution in [0.5, 0.6) is 0 Å². The van der Waals surface area contributed by atoms with Gasteiger partial charge in [-0.2, -0.15) is 0 Å². The lowest BCUT2D eigenvalue weighted by Crippen LogP contribution is -2.40. The summed E-state index contributed by atoms with van der Waals surface area (Å²) in [6.45, 7) is 1.88. The summed E-state index contributed by atoms with van der Waals surface area (Å²) >= 11 is 3.47. The van der Waals surface area contributed by atoms with Crippen LogP contribution in [0.15, 0.2) is 22.7 Å². The molecule has 108 valence electrons. The molecule has 2 aromatic rings. The summed E-state index contributed by atoms with van der Waals surface area (Å²) in [5.41, 5.74) is 2.05. The third-order valence-electron chi connectivity index (χ3n) is 3.74. The number of sulfone groups is 1. The zero-order valence-electron chi connectivity index (χ0n) is 11.2. The number of aromatic nitrogens is 2. The molecule has 0 atom stereocenters. The van der Waals surface area contributed by atoms with Gasteiger partial charge < -0.3 is 4.57 Å². The van der Waals surface area contributed by atoms with Gasteiger partial charge in [0.25, 0.3) is 0 Å². The van der Waals surface area contributed by atoms with Crippen molar-refractivity contribution in [3.63, 3.8) is 0 Å². The van der Waals surface area contributed by atoms with Gasteiger partial charge in [0.1, 0.15) is 5.82 Å². The zero-order chi connectivity index (χ0) is 14.3. The normalized spacial score (nSPS) is 19.5. The molecule has 0 N–H and O–H groups in total. The SMILES string of the molecule is Cn1c(CN2CCS(=O)(=O)CC2)nc2ccc(Br)cc21. The Morgan fingerprint density at radius 3 is 2.70 bits per heavy atom. The van der Waals surface area contributed by atoms with E-state index in [1.807, 2.05) is 25.2 Å². The molecule has 1 aliphatic heterocycles. The van der Waals surface area contributed by atoms with E-state index in [4.69, 9.17) is 0 Å². The fourth-order valence-corrected chi connectivity index (χ4v) is 4.09. The third kappa shape index (κ3) is 2.75. The molecule has 1 aromatic carbocycles. The molecule has 1 saturated heterocycles. The summed E-state index contributed by atoms with van der Waals surface area (Å²) in [7, 11) is -0.826. The number of hydrogen-bond donors (Lipinski definition) is 0. The van der Waals surface area contributed by atoms with Gasteiger partial charge in [-0.1, -0.05) is 15.9 Å². The van der Waals surface area contributed by atoms with E-state index < -0.39 is 9.84 Å². The first-order valence-corrected chi connectivity index (χ1v) is 9.10. The lowest BCUT2D eigenvalue weighted by atomic mass is 10.3. The van der Waals surface area contributed by atoms with Crippen LogP contribution in [0.2, 0.25) is 0 Å². The second-order valence-corrected chi connectivity index (χ2v) is 8.37. The minimum absolute atomic E-state index is 0.252. The Labute approximate surface area is 126 Å². The van der Waals surface area contributed by atoms with E-state index in [2.05, 4.69) is 30.4 Å². The molecule has 1 fully saturated rings. The van der Waals surface area contributed by atoms with Crippen molar-refractivity contribution in [2.45, 2.75) is 6.54 Å². The highest BCUT2D eigenvalue weighted by atomic mass is 79.9. The maximum atomic E-state index is 11.4. The standard InChI is InChI=1S/C13H16BrN3O2S/c1-16-12-8-10(14)2-3-11(12)15-13(16)9-17-4-6-20(18,19)7-5-17/h2-3,8H,4-7,9H2,1H3. The van der Waals surface area contributed by atoms with Crippen LogP contribution < -0.4 is 0 Å². The average Bonchev–Trinajstić information content (AvgIpc) is 2.69. The van der Waals surface area contributed by atoms with Crippen LogP contribution in [0.1, 0.15) is 5.82 Å². The Bertz CT molecular complexity index is 740. The van der Waals surface area contributed by atoms with Gasteiger partial charge in [-0.15, -0.1) is 0 Å². The second kappa shape index (κ2) is 5.13. The second-order valence-electron chi connectivity index (χ2n) is 5.15. The smallest absolute Gasteiger partial charge is 0.152 e. The molecule has 20 heavy (non-hydrogen) atoms. The van der Waals surface area contributed by atoms with Crippen molar-refractivity contribution in [1.29, 1.82) is 0 Å². The summed E-state index contributed by atoms with van der Waals surface area (Å²) in [4.78, 5) is 6.78. The Kier molecular flexibility index (Phi) is 3.60. The van der Waals surface area contributed by atoms with Gasteiger partial charge in [0.05, 0.1) is 29.1 Å². The highest BCUT2D eigenvalue weighted by Gasteiger charge is 2.22. The van der Waals surface area contributed by atoms with E-state index in [0.717, 1.165) is 21.3 Å². The van der Waals surface area contributed by atoms with Crippen LogP contribution in [0.3, 0.4) is 0 Å². The van der Waals surface area contributed by atoms with Gasteiger partial charge in [0, 0.05) is 24.6 Å². The first kappa shape index (κ1) is 14.0. The molecule has 5 nitrogen and oxygen atoms in total. The van der Waals surface area contributed by atoms with Gasteiger partial charge >= 0.3 is 0 Å². The van der Waals surface area contributed by atoms with Gasteiger partial charge in [-0.05, 0) is 18.2 Å². The molecule has 0 unspecified atom stereocenters. The van der Waals surface area contributed by atoms with E-state index in [0.29, 0.717) is 19.6 Å². The summed E-state index contributed by atoms with van der Waals surface area (Å²) in [5, 5.41) is 0. The average molecular weight is 358 g/mol.